The summed E-state index contributed by atoms with van der Waals surface area (Å²) < 4.78 is 0. The minimum atomic E-state index is -0.858. The van der Waals surface area contributed by atoms with Gasteiger partial charge in [0, 0.05) is 18.5 Å². The van der Waals surface area contributed by atoms with Crippen LogP contribution in [0.5, 0.6) is 0 Å². The van der Waals surface area contributed by atoms with E-state index in [0.29, 0.717) is 6.54 Å². The van der Waals surface area contributed by atoms with E-state index in [1.807, 2.05) is 6.92 Å². The van der Waals surface area contributed by atoms with Gasteiger partial charge in [-0.15, -0.1) is 0 Å². The Morgan fingerprint density at radius 1 is 1.22 bits per heavy atom. The van der Waals surface area contributed by atoms with Crippen LogP contribution in [0.1, 0.15) is 48.0 Å². The number of aliphatic carboxylic acids is 1. The van der Waals surface area contributed by atoms with E-state index in [0.717, 1.165) is 0 Å². The summed E-state index contributed by atoms with van der Waals surface area (Å²) in [4.78, 5) is 25.0. The number of carboxylic acid groups (broad SMARTS) is 1. The number of carbonyl (C=O) groups excluding carboxylic acids is 1. The van der Waals surface area contributed by atoms with Crippen molar-refractivity contribution in [3.05, 3.63) is 0 Å². The van der Waals surface area contributed by atoms with Gasteiger partial charge in [-0.2, -0.15) is 0 Å². The van der Waals surface area contributed by atoms with Crippen molar-refractivity contribution in [2.24, 2.45) is 16.7 Å². The van der Waals surface area contributed by atoms with Crippen molar-refractivity contribution >= 4 is 11.9 Å². The minimum Gasteiger partial charge on any atom is -0.481 e. The Morgan fingerprint density at radius 3 is 1.94 bits per heavy atom. The Kier molecular flexibility index (Phi) is 3.80. The number of carboxylic acids is 1. The fourth-order valence-corrected chi connectivity index (χ4v) is 3.03. The van der Waals surface area contributed by atoms with Gasteiger partial charge in [0.05, 0.1) is 6.42 Å². The molecule has 1 atom stereocenters. The van der Waals surface area contributed by atoms with Gasteiger partial charge in [-0.25, -0.2) is 0 Å². The van der Waals surface area contributed by atoms with Gasteiger partial charge in [-0.1, -0.05) is 27.7 Å². The molecule has 0 spiro atoms. The fourth-order valence-electron chi connectivity index (χ4n) is 3.03. The van der Waals surface area contributed by atoms with Crippen LogP contribution in [0, 0.1) is 16.7 Å². The first-order valence-corrected chi connectivity index (χ1v) is 6.59. The molecule has 0 heterocycles. The Morgan fingerprint density at radius 2 is 1.67 bits per heavy atom. The minimum absolute atomic E-state index is 0.000443. The predicted octanol–water partition coefficient (Wildman–Crippen LogP) is 2.38. The molecule has 1 rings (SSSR count). The molecule has 1 aliphatic carbocycles. The molecule has 0 aliphatic heterocycles. The molecule has 4 nitrogen and oxygen atoms in total. The van der Waals surface area contributed by atoms with E-state index in [9.17, 15) is 9.59 Å². The second kappa shape index (κ2) is 4.56. The normalized spacial score (nSPS) is 22.3. The van der Waals surface area contributed by atoms with Crippen LogP contribution < -0.4 is 0 Å². The Hall–Kier alpha value is -1.06. The van der Waals surface area contributed by atoms with Gasteiger partial charge in [-0.3, -0.25) is 9.59 Å². The molecule has 0 aromatic rings. The first-order chi connectivity index (χ1) is 8.07. The van der Waals surface area contributed by atoms with E-state index < -0.39 is 5.97 Å². The molecular weight excluding hydrogens is 230 g/mol. The third kappa shape index (κ3) is 2.25. The molecule has 104 valence electrons. The van der Waals surface area contributed by atoms with Crippen LogP contribution in [0.3, 0.4) is 0 Å². The van der Waals surface area contributed by atoms with Crippen molar-refractivity contribution in [1.29, 1.82) is 0 Å². The van der Waals surface area contributed by atoms with Crippen LogP contribution in [-0.4, -0.2) is 34.5 Å². The maximum atomic E-state index is 12.5. The summed E-state index contributed by atoms with van der Waals surface area (Å²) in [5.74, 6) is -0.759. The molecule has 1 fully saturated rings. The van der Waals surface area contributed by atoms with E-state index in [1.54, 1.807) is 11.8 Å². The van der Waals surface area contributed by atoms with Crippen LogP contribution in [0.25, 0.3) is 0 Å². The summed E-state index contributed by atoms with van der Waals surface area (Å²) in [5.41, 5.74) is 0.000887. The lowest BCUT2D eigenvalue weighted by molar-refractivity contribution is -0.141. The molecule has 1 amide bonds. The zero-order valence-corrected chi connectivity index (χ0v) is 12.3. The SMILES string of the molecule is CCN(C(=O)C1C(C)(C)C1(C)C)C(C)CC(=O)O. The van der Waals surface area contributed by atoms with Gasteiger partial charge in [-0.05, 0) is 24.7 Å². The van der Waals surface area contributed by atoms with Crippen molar-refractivity contribution in [2.75, 3.05) is 6.54 Å². The van der Waals surface area contributed by atoms with Crippen LogP contribution in [0.15, 0.2) is 0 Å². The van der Waals surface area contributed by atoms with Crippen LogP contribution >= 0.6 is 0 Å². The molecule has 18 heavy (non-hydrogen) atoms. The number of carbonyl (C=O) groups is 2. The van der Waals surface area contributed by atoms with Gasteiger partial charge in [0.2, 0.25) is 5.91 Å². The summed E-state index contributed by atoms with van der Waals surface area (Å²) >= 11 is 0. The topological polar surface area (TPSA) is 57.6 Å². The van der Waals surface area contributed by atoms with Gasteiger partial charge < -0.3 is 10.0 Å². The van der Waals surface area contributed by atoms with Gasteiger partial charge in [0.25, 0.3) is 0 Å². The first-order valence-electron chi connectivity index (χ1n) is 6.59. The molecule has 1 saturated carbocycles. The van der Waals surface area contributed by atoms with Crippen LogP contribution in [-0.2, 0) is 9.59 Å². The molecule has 0 aromatic heterocycles. The average molecular weight is 255 g/mol. The van der Waals surface area contributed by atoms with E-state index in [-0.39, 0.29) is 35.1 Å². The third-order valence-corrected chi connectivity index (χ3v) is 4.89. The summed E-state index contributed by atoms with van der Waals surface area (Å²) in [5, 5.41) is 8.83. The lowest BCUT2D eigenvalue weighted by atomic mass is 10.0. The van der Waals surface area contributed by atoms with E-state index in [2.05, 4.69) is 27.7 Å². The maximum Gasteiger partial charge on any atom is 0.305 e. The largest absolute Gasteiger partial charge is 0.481 e. The van der Waals surface area contributed by atoms with Crippen molar-refractivity contribution in [3.8, 4) is 0 Å². The molecule has 0 radical (unpaired) electrons. The average Bonchev–Trinajstić information content (AvgIpc) is 2.56. The van der Waals surface area contributed by atoms with Gasteiger partial charge in [0.1, 0.15) is 0 Å². The number of hydrogen-bond acceptors (Lipinski definition) is 2. The van der Waals surface area contributed by atoms with Crippen molar-refractivity contribution in [3.63, 3.8) is 0 Å². The number of amides is 1. The zero-order chi connectivity index (χ0) is 14.3. The number of nitrogens with zero attached hydrogens (tertiary/aromatic N) is 1. The zero-order valence-electron chi connectivity index (χ0n) is 12.3. The monoisotopic (exact) mass is 255 g/mol. The van der Waals surface area contributed by atoms with E-state index >= 15 is 0 Å². The molecular formula is C14H25NO3. The lowest BCUT2D eigenvalue weighted by Gasteiger charge is -2.28. The third-order valence-electron chi connectivity index (χ3n) is 4.89. The molecule has 1 N–H and O–H groups in total. The maximum absolute atomic E-state index is 12.5. The predicted molar refractivity (Wildman–Crippen MR) is 70.2 cm³/mol. The summed E-state index contributed by atoms with van der Waals surface area (Å²) in [7, 11) is 0. The first kappa shape index (κ1) is 15.0. The second-order valence-corrected chi connectivity index (χ2v) is 6.45. The standard InChI is InChI=1S/C14H25NO3/c1-7-15(9(2)8-10(16)17)12(18)11-13(3,4)14(11,5)6/h9,11H,7-8H2,1-6H3,(H,16,17). The van der Waals surface area contributed by atoms with Crippen LogP contribution in [0.4, 0.5) is 0 Å². The number of hydrogen-bond donors (Lipinski definition) is 1. The summed E-state index contributed by atoms with van der Waals surface area (Å²) in [6.45, 7) is 12.7. The van der Waals surface area contributed by atoms with E-state index in [4.69, 9.17) is 5.11 Å². The van der Waals surface area contributed by atoms with Crippen LogP contribution in [0.2, 0.25) is 0 Å². The number of rotatable bonds is 5. The molecule has 0 saturated heterocycles. The molecule has 0 bridgehead atoms. The van der Waals surface area contributed by atoms with Crippen molar-refractivity contribution in [2.45, 2.75) is 54.0 Å². The fraction of sp³-hybridized carbons (Fsp3) is 0.857. The smallest absolute Gasteiger partial charge is 0.305 e. The summed E-state index contributed by atoms with van der Waals surface area (Å²) in [6.07, 6.45) is 0.00710. The van der Waals surface area contributed by atoms with Crippen molar-refractivity contribution in [1.82, 2.24) is 4.90 Å². The highest BCUT2D eigenvalue weighted by atomic mass is 16.4. The lowest BCUT2D eigenvalue weighted by Crippen LogP contribution is -2.41. The highest BCUT2D eigenvalue weighted by Gasteiger charge is 2.68. The quantitative estimate of drug-likeness (QED) is 0.820. The Balaban J connectivity index is 2.79. The Labute approximate surface area is 109 Å². The van der Waals surface area contributed by atoms with Gasteiger partial charge in [0.15, 0.2) is 0 Å². The molecule has 1 unspecified atom stereocenters. The van der Waals surface area contributed by atoms with Gasteiger partial charge >= 0.3 is 5.97 Å². The van der Waals surface area contributed by atoms with E-state index in [1.165, 1.54) is 0 Å². The van der Waals surface area contributed by atoms with Crippen molar-refractivity contribution < 1.29 is 14.7 Å². The summed E-state index contributed by atoms with van der Waals surface area (Å²) in [6, 6.07) is -0.243. The molecule has 1 aliphatic rings. The molecule has 4 heteroatoms. The second-order valence-electron chi connectivity index (χ2n) is 6.45. The highest BCUT2D eigenvalue weighted by molar-refractivity contribution is 5.85. The molecule has 0 aromatic carbocycles. The highest BCUT2D eigenvalue weighted by Crippen LogP contribution is 2.68. The Bertz CT molecular complexity index is 346.